The van der Waals surface area contributed by atoms with Gasteiger partial charge in [-0.25, -0.2) is 8.42 Å². The fourth-order valence-corrected chi connectivity index (χ4v) is 4.50. The van der Waals surface area contributed by atoms with Crippen molar-refractivity contribution < 1.29 is 22.7 Å². The van der Waals surface area contributed by atoms with Gasteiger partial charge in [0.15, 0.2) is 16.6 Å². The molecular formula is C25H25N3O5S2. The van der Waals surface area contributed by atoms with Gasteiger partial charge in [0.1, 0.15) is 0 Å². The van der Waals surface area contributed by atoms with Crippen LogP contribution in [0.5, 0.6) is 11.5 Å². The lowest BCUT2D eigenvalue weighted by molar-refractivity contribution is -0.115. The van der Waals surface area contributed by atoms with Crippen LogP contribution < -0.4 is 24.4 Å². The third kappa shape index (κ3) is 6.58. The number of ether oxygens (including phenoxy) is 2. The summed E-state index contributed by atoms with van der Waals surface area (Å²) in [5.41, 5.74) is 1.83. The number of nitrogens with zero attached hydrogens (tertiary/aromatic N) is 1. The van der Waals surface area contributed by atoms with Crippen molar-refractivity contribution in [3.63, 3.8) is 0 Å². The Labute approximate surface area is 210 Å². The highest BCUT2D eigenvalue weighted by Crippen LogP contribution is 2.28. The predicted octanol–water partition coefficient (Wildman–Crippen LogP) is 4.06. The normalized spacial score (nSPS) is 11.1. The van der Waals surface area contributed by atoms with Crippen LogP contribution in [0.4, 0.5) is 11.4 Å². The zero-order valence-corrected chi connectivity index (χ0v) is 21.0. The number of hydrogen-bond acceptors (Lipinski definition) is 6. The van der Waals surface area contributed by atoms with Crippen LogP contribution in [0.2, 0.25) is 0 Å². The highest BCUT2D eigenvalue weighted by molar-refractivity contribution is 7.92. The molecule has 2 N–H and O–H groups in total. The Balaban J connectivity index is 1.59. The number of methoxy groups -OCH3 is 2. The summed E-state index contributed by atoms with van der Waals surface area (Å²) in [7, 11) is 0.854. The third-order valence-corrected chi connectivity index (χ3v) is 6.97. The molecule has 1 amide bonds. The first-order valence-corrected chi connectivity index (χ1v) is 12.3. The molecule has 0 bridgehead atoms. The van der Waals surface area contributed by atoms with Crippen LogP contribution in [0.3, 0.4) is 0 Å². The molecule has 0 aromatic heterocycles. The van der Waals surface area contributed by atoms with Gasteiger partial charge in [0.25, 0.3) is 10.0 Å². The van der Waals surface area contributed by atoms with Crippen LogP contribution in [-0.4, -0.2) is 40.7 Å². The molecule has 0 aliphatic heterocycles. The lowest BCUT2D eigenvalue weighted by Crippen LogP contribution is -2.32. The Morgan fingerprint density at radius 3 is 2.23 bits per heavy atom. The van der Waals surface area contributed by atoms with Crippen molar-refractivity contribution in [3.8, 4) is 11.5 Å². The Bertz CT molecular complexity index is 1320. The second kappa shape index (κ2) is 11.5. The van der Waals surface area contributed by atoms with E-state index in [4.69, 9.17) is 21.7 Å². The fourth-order valence-electron chi connectivity index (χ4n) is 3.09. The van der Waals surface area contributed by atoms with E-state index in [1.165, 1.54) is 36.7 Å². The quantitative estimate of drug-likeness (QED) is 0.348. The van der Waals surface area contributed by atoms with Gasteiger partial charge < -0.3 is 14.8 Å². The number of rotatable bonds is 8. The maximum atomic E-state index is 12.9. The van der Waals surface area contributed by atoms with Crippen LogP contribution >= 0.6 is 12.2 Å². The Kier molecular flexibility index (Phi) is 8.45. The first kappa shape index (κ1) is 25.7. The van der Waals surface area contributed by atoms with Gasteiger partial charge in [0.2, 0.25) is 5.91 Å². The van der Waals surface area contributed by atoms with Crippen molar-refractivity contribution in [2.75, 3.05) is 30.9 Å². The van der Waals surface area contributed by atoms with Crippen LogP contribution in [-0.2, 0) is 14.8 Å². The summed E-state index contributed by atoms with van der Waals surface area (Å²) in [5.74, 6) is 0.707. The number of carbonyl (C=O) groups is 1. The SMILES string of the molecule is COc1ccc(/C=C/C(=O)NC(=S)Nc2ccc(S(=O)(=O)N(C)c3ccccc3)cc2)cc1OC. The van der Waals surface area contributed by atoms with Gasteiger partial charge in [-0.1, -0.05) is 24.3 Å². The molecule has 0 atom stereocenters. The van der Waals surface area contributed by atoms with Crippen LogP contribution in [0.15, 0.2) is 83.8 Å². The van der Waals surface area contributed by atoms with E-state index in [2.05, 4.69) is 10.6 Å². The van der Waals surface area contributed by atoms with Gasteiger partial charge >= 0.3 is 0 Å². The summed E-state index contributed by atoms with van der Waals surface area (Å²) in [6.45, 7) is 0. The van der Waals surface area contributed by atoms with E-state index in [0.717, 1.165) is 5.56 Å². The van der Waals surface area contributed by atoms with Crippen molar-refractivity contribution in [3.05, 3.63) is 84.4 Å². The van der Waals surface area contributed by atoms with Crippen LogP contribution in [0.1, 0.15) is 5.56 Å². The standard InChI is InChI=1S/C25H25N3O5S2/c1-28(20-7-5-4-6-8-20)35(30,31)21-13-11-19(12-14-21)26-25(34)27-24(29)16-10-18-9-15-22(32-2)23(17-18)33-3/h4-17H,1-3H3,(H2,26,27,29,34)/b16-10+. The second-order valence-electron chi connectivity index (χ2n) is 7.22. The van der Waals surface area contributed by atoms with Crippen molar-refractivity contribution in [1.82, 2.24) is 5.32 Å². The molecule has 0 radical (unpaired) electrons. The van der Waals surface area contributed by atoms with Gasteiger partial charge in [-0.3, -0.25) is 14.4 Å². The number of thiocarbonyl (C=S) groups is 1. The first-order valence-electron chi connectivity index (χ1n) is 10.4. The van der Waals surface area contributed by atoms with Crippen LogP contribution in [0, 0.1) is 0 Å². The lowest BCUT2D eigenvalue weighted by Gasteiger charge is -2.19. The highest BCUT2D eigenvalue weighted by atomic mass is 32.2. The minimum Gasteiger partial charge on any atom is -0.493 e. The zero-order chi connectivity index (χ0) is 25.4. The largest absolute Gasteiger partial charge is 0.493 e. The number of anilines is 2. The number of nitrogens with one attached hydrogen (secondary N) is 2. The predicted molar refractivity (Wildman–Crippen MR) is 141 cm³/mol. The molecule has 10 heteroatoms. The molecular weight excluding hydrogens is 486 g/mol. The first-order chi connectivity index (χ1) is 16.7. The topological polar surface area (TPSA) is 97.0 Å². The molecule has 182 valence electrons. The van der Waals surface area contributed by atoms with E-state index in [9.17, 15) is 13.2 Å². The van der Waals surface area contributed by atoms with E-state index in [1.54, 1.807) is 67.8 Å². The summed E-state index contributed by atoms with van der Waals surface area (Å²) < 4.78 is 37.4. The van der Waals surface area contributed by atoms with E-state index in [0.29, 0.717) is 22.9 Å². The van der Waals surface area contributed by atoms with Crippen molar-refractivity contribution in [2.24, 2.45) is 0 Å². The average Bonchev–Trinajstić information content (AvgIpc) is 2.87. The molecule has 35 heavy (non-hydrogen) atoms. The van der Waals surface area contributed by atoms with Crippen molar-refractivity contribution >= 4 is 50.7 Å². The average molecular weight is 512 g/mol. The summed E-state index contributed by atoms with van der Waals surface area (Å²) in [5, 5.41) is 5.48. The summed E-state index contributed by atoms with van der Waals surface area (Å²) in [4.78, 5) is 12.4. The molecule has 3 rings (SSSR count). The van der Waals surface area contributed by atoms with Gasteiger partial charge in [0.05, 0.1) is 24.8 Å². The van der Waals surface area contributed by atoms with E-state index in [-0.39, 0.29) is 10.0 Å². The minimum absolute atomic E-state index is 0.0731. The number of carbonyl (C=O) groups excluding carboxylic acids is 1. The third-order valence-electron chi connectivity index (χ3n) is 4.96. The van der Waals surface area contributed by atoms with E-state index < -0.39 is 15.9 Å². The van der Waals surface area contributed by atoms with Gasteiger partial charge in [-0.2, -0.15) is 0 Å². The molecule has 0 spiro atoms. The molecule has 3 aromatic rings. The van der Waals surface area contributed by atoms with Crippen molar-refractivity contribution in [2.45, 2.75) is 4.90 Å². The lowest BCUT2D eigenvalue weighted by atomic mass is 10.2. The van der Waals surface area contributed by atoms with Gasteiger partial charge in [0, 0.05) is 18.8 Å². The van der Waals surface area contributed by atoms with Crippen molar-refractivity contribution in [1.29, 1.82) is 0 Å². The Hall–Kier alpha value is -3.89. The molecule has 0 fully saturated rings. The zero-order valence-electron chi connectivity index (χ0n) is 19.4. The number of sulfonamides is 1. The highest BCUT2D eigenvalue weighted by Gasteiger charge is 2.21. The van der Waals surface area contributed by atoms with Gasteiger partial charge in [-0.05, 0) is 72.4 Å². The maximum absolute atomic E-state index is 12.9. The Morgan fingerprint density at radius 1 is 0.943 bits per heavy atom. The smallest absolute Gasteiger partial charge is 0.264 e. The maximum Gasteiger partial charge on any atom is 0.264 e. The minimum atomic E-state index is -3.72. The molecule has 0 aliphatic carbocycles. The number of para-hydroxylation sites is 1. The summed E-state index contributed by atoms with van der Waals surface area (Å²) in [6.07, 6.45) is 2.95. The fraction of sp³-hybridized carbons (Fsp3) is 0.120. The second-order valence-corrected chi connectivity index (χ2v) is 9.60. The molecule has 3 aromatic carbocycles. The number of hydrogen-bond donors (Lipinski definition) is 2. The molecule has 0 saturated carbocycles. The van der Waals surface area contributed by atoms with Gasteiger partial charge in [-0.15, -0.1) is 0 Å². The molecule has 0 heterocycles. The van der Waals surface area contributed by atoms with E-state index >= 15 is 0 Å². The van der Waals surface area contributed by atoms with E-state index in [1.807, 2.05) is 6.07 Å². The molecule has 0 aliphatic rings. The molecule has 8 nitrogen and oxygen atoms in total. The monoisotopic (exact) mass is 511 g/mol. The molecule has 0 saturated heterocycles. The number of amides is 1. The number of benzene rings is 3. The summed E-state index contributed by atoms with van der Waals surface area (Å²) in [6, 6.07) is 20.1. The molecule has 0 unspecified atom stereocenters. The Morgan fingerprint density at radius 2 is 1.60 bits per heavy atom. The summed E-state index contributed by atoms with van der Waals surface area (Å²) >= 11 is 5.19. The van der Waals surface area contributed by atoms with Crippen LogP contribution in [0.25, 0.3) is 6.08 Å².